The normalized spacial score (nSPS) is 20.4. The second kappa shape index (κ2) is 7.36. The number of halogens is 2. The number of anilines is 1. The molecule has 1 amide bonds. The van der Waals surface area contributed by atoms with E-state index in [1.165, 1.54) is 25.0 Å². The predicted octanol–water partition coefficient (Wildman–Crippen LogP) is 3.39. The fraction of sp³-hybridized carbons (Fsp3) is 0.533. The predicted molar refractivity (Wildman–Crippen MR) is 87.1 cm³/mol. The van der Waals surface area contributed by atoms with Crippen molar-refractivity contribution >= 4 is 34.2 Å². The first-order valence-electron chi connectivity index (χ1n) is 7.02. The number of nitrogens with one attached hydrogen (secondary N) is 2. The Balaban J connectivity index is 1.88. The summed E-state index contributed by atoms with van der Waals surface area (Å²) in [5.74, 6) is 0.657. The molecule has 2 unspecified atom stereocenters. The molecule has 1 saturated heterocycles. The summed E-state index contributed by atoms with van der Waals surface area (Å²) >= 11 is 2.03. The Labute approximate surface area is 132 Å². The van der Waals surface area contributed by atoms with Crippen LogP contribution < -0.4 is 10.6 Å². The van der Waals surface area contributed by atoms with Gasteiger partial charge < -0.3 is 10.6 Å². The average molecular weight is 390 g/mol. The van der Waals surface area contributed by atoms with Crippen LogP contribution in [0.3, 0.4) is 0 Å². The molecular formula is C15H20FIN2O. The second-order valence-corrected chi connectivity index (χ2v) is 6.62. The van der Waals surface area contributed by atoms with E-state index in [2.05, 4.69) is 17.6 Å². The van der Waals surface area contributed by atoms with Crippen molar-refractivity contribution in [3.63, 3.8) is 0 Å². The summed E-state index contributed by atoms with van der Waals surface area (Å²) in [7, 11) is 0. The van der Waals surface area contributed by atoms with E-state index < -0.39 is 0 Å². The molecule has 20 heavy (non-hydrogen) atoms. The number of carbonyl (C=O) groups is 1. The van der Waals surface area contributed by atoms with E-state index in [-0.39, 0.29) is 11.7 Å². The van der Waals surface area contributed by atoms with Crippen LogP contribution in [-0.2, 0) is 4.79 Å². The van der Waals surface area contributed by atoms with Gasteiger partial charge in [0.15, 0.2) is 0 Å². The molecule has 1 aliphatic heterocycles. The fourth-order valence-corrected chi connectivity index (χ4v) is 3.23. The van der Waals surface area contributed by atoms with Crippen LogP contribution in [-0.4, -0.2) is 19.0 Å². The lowest BCUT2D eigenvalue weighted by Crippen LogP contribution is -2.34. The number of piperidine rings is 1. The summed E-state index contributed by atoms with van der Waals surface area (Å²) in [5.41, 5.74) is 0.686. The van der Waals surface area contributed by atoms with Crippen LogP contribution >= 0.6 is 22.6 Å². The lowest BCUT2D eigenvalue weighted by Gasteiger charge is -2.28. The molecule has 1 aromatic rings. The molecule has 0 bridgehead atoms. The van der Waals surface area contributed by atoms with Crippen molar-refractivity contribution in [1.82, 2.24) is 5.32 Å². The van der Waals surface area contributed by atoms with Gasteiger partial charge in [0, 0.05) is 9.99 Å². The van der Waals surface area contributed by atoms with E-state index in [0.717, 1.165) is 16.7 Å². The summed E-state index contributed by atoms with van der Waals surface area (Å²) in [5, 5.41) is 6.25. The van der Waals surface area contributed by atoms with E-state index >= 15 is 0 Å². The van der Waals surface area contributed by atoms with Crippen molar-refractivity contribution in [2.75, 3.05) is 18.4 Å². The SMILES string of the molecule is CC(CC(=O)Nc1ccc(F)cc1I)C1CCCNC1. The number of amides is 1. The van der Waals surface area contributed by atoms with Crippen LogP contribution in [0.2, 0.25) is 0 Å². The number of rotatable bonds is 4. The quantitative estimate of drug-likeness (QED) is 0.774. The summed E-state index contributed by atoms with van der Waals surface area (Å²) < 4.78 is 13.7. The van der Waals surface area contributed by atoms with Gasteiger partial charge >= 0.3 is 0 Å². The molecule has 0 saturated carbocycles. The largest absolute Gasteiger partial charge is 0.325 e. The van der Waals surface area contributed by atoms with E-state index in [1.807, 2.05) is 22.6 Å². The van der Waals surface area contributed by atoms with E-state index in [4.69, 9.17) is 0 Å². The molecule has 2 N–H and O–H groups in total. The van der Waals surface area contributed by atoms with Crippen LogP contribution in [0.5, 0.6) is 0 Å². The first kappa shape index (κ1) is 15.7. The van der Waals surface area contributed by atoms with Gasteiger partial charge in [0.1, 0.15) is 5.82 Å². The molecular weight excluding hydrogens is 370 g/mol. The molecule has 0 aromatic heterocycles. The maximum atomic E-state index is 13.0. The van der Waals surface area contributed by atoms with Crippen molar-refractivity contribution in [1.29, 1.82) is 0 Å². The molecule has 1 aliphatic rings. The highest BCUT2D eigenvalue weighted by molar-refractivity contribution is 14.1. The lowest BCUT2D eigenvalue weighted by atomic mass is 9.85. The molecule has 3 nitrogen and oxygen atoms in total. The molecule has 110 valence electrons. The summed E-state index contributed by atoms with van der Waals surface area (Å²) in [6.45, 7) is 4.22. The number of hydrogen-bond donors (Lipinski definition) is 2. The molecule has 1 fully saturated rings. The van der Waals surface area contributed by atoms with Crippen molar-refractivity contribution < 1.29 is 9.18 Å². The minimum atomic E-state index is -0.283. The van der Waals surface area contributed by atoms with Crippen molar-refractivity contribution in [3.05, 3.63) is 27.6 Å². The highest BCUT2D eigenvalue weighted by Crippen LogP contribution is 2.24. The highest BCUT2D eigenvalue weighted by atomic mass is 127. The Morgan fingerprint density at radius 1 is 1.60 bits per heavy atom. The zero-order valence-corrected chi connectivity index (χ0v) is 13.7. The Morgan fingerprint density at radius 2 is 2.40 bits per heavy atom. The van der Waals surface area contributed by atoms with Crippen LogP contribution in [0.4, 0.5) is 10.1 Å². The summed E-state index contributed by atoms with van der Waals surface area (Å²) in [6, 6.07) is 4.40. The molecule has 0 radical (unpaired) electrons. The molecule has 1 aromatic carbocycles. The monoisotopic (exact) mass is 390 g/mol. The van der Waals surface area contributed by atoms with Crippen LogP contribution in [0.25, 0.3) is 0 Å². The highest BCUT2D eigenvalue weighted by Gasteiger charge is 2.22. The third-order valence-electron chi connectivity index (χ3n) is 3.85. The van der Waals surface area contributed by atoms with Gasteiger partial charge in [-0.25, -0.2) is 4.39 Å². The Bertz CT molecular complexity index is 475. The van der Waals surface area contributed by atoms with Crippen molar-refractivity contribution in [3.8, 4) is 0 Å². The Hall–Kier alpha value is -0.690. The topological polar surface area (TPSA) is 41.1 Å². The molecule has 0 aliphatic carbocycles. The van der Waals surface area contributed by atoms with Gasteiger partial charge in [-0.05, 0) is 78.6 Å². The first-order chi connectivity index (χ1) is 9.56. The van der Waals surface area contributed by atoms with Crippen LogP contribution in [0.1, 0.15) is 26.2 Å². The van der Waals surface area contributed by atoms with Crippen molar-refractivity contribution in [2.24, 2.45) is 11.8 Å². The Kier molecular flexibility index (Phi) is 5.77. The maximum Gasteiger partial charge on any atom is 0.224 e. The number of carbonyl (C=O) groups excluding carboxylic acids is 1. The van der Waals surface area contributed by atoms with Crippen molar-refractivity contribution in [2.45, 2.75) is 26.2 Å². The summed E-state index contributed by atoms with van der Waals surface area (Å²) in [6.07, 6.45) is 2.89. The minimum Gasteiger partial charge on any atom is -0.325 e. The van der Waals surface area contributed by atoms with Gasteiger partial charge in [0.2, 0.25) is 5.91 Å². The van der Waals surface area contributed by atoms with Gasteiger partial charge in [-0.1, -0.05) is 6.92 Å². The van der Waals surface area contributed by atoms with Gasteiger partial charge in [0.25, 0.3) is 0 Å². The minimum absolute atomic E-state index is 0.00703. The molecule has 1 heterocycles. The molecule has 2 atom stereocenters. The molecule has 5 heteroatoms. The lowest BCUT2D eigenvalue weighted by molar-refractivity contribution is -0.117. The van der Waals surface area contributed by atoms with Gasteiger partial charge in [0.05, 0.1) is 5.69 Å². The number of hydrogen-bond acceptors (Lipinski definition) is 2. The van der Waals surface area contributed by atoms with Gasteiger partial charge in [-0.3, -0.25) is 4.79 Å². The van der Waals surface area contributed by atoms with E-state index in [1.54, 1.807) is 6.07 Å². The molecule has 0 spiro atoms. The Morgan fingerprint density at radius 3 is 3.05 bits per heavy atom. The third kappa shape index (κ3) is 4.41. The molecule has 2 rings (SSSR count). The zero-order chi connectivity index (χ0) is 14.5. The summed E-state index contributed by atoms with van der Waals surface area (Å²) in [4.78, 5) is 12.1. The van der Waals surface area contributed by atoms with Crippen LogP contribution in [0.15, 0.2) is 18.2 Å². The maximum absolute atomic E-state index is 13.0. The van der Waals surface area contributed by atoms with Crippen LogP contribution in [0, 0.1) is 21.2 Å². The van der Waals surface area contributed by atoms with E-state index in [0.29, 0.717) is 23.9 Å². The van der Waals surface area contributed by atoms with Gasteiger partial charge in [-0.15, -0.1) is 0 Å². The first-order valence-corrected chi connectivity index (χ1v) is 8.09. The third-order valence-corrected chi connectivity index (χ3v) is 4.74. The van der Waals surface area contributed by atoms with Gasteiger partial charge in [-0.2, -0.15) is 0 Å². The standard InChI is InChI=1S/C15H20FIN2O/c1-10(11-3-2-6-18-9-11)7-15(20)19-14-5-4-12(16)8-13(14)17/h4-5,8,10-11,18H,2-3,6-7,9H2,1H3,(H,19,20). The fourth-order valence-electron chi connectivity index (χ4n) is 2.62. The number of benzene rings is 1. The van der Waals surface area contributed by atoms with E-state index in [9.17, 15) is 9.18 Å². The second-order valence-electron chi connectivity index (χ2n) is 5.46. The zero-order valence-electron chi connectivity index (χ0n) is 11.6. The smallest absolute Gasteiger partial charge is 0.224 e. The average Bonchev–Trinajstić information content (AvgIpc) is 2.43.